The molecule has 133 valence electrons. The Kier molecular flexibility index (Phi) is 19.2. The first-order valence-electron chi connectivity index (χ1n) is 10.2. The summed E-state index contributed by atoms with van der Waals surface area (Å²) in [5, 5.41) is 0. The summed E-state index contributed by atoms with van der Waals surface area (Å²) in [6, 6.07) is 0. The van der Waals surface area contributed by atoms with E-state index in [1.165, 1.54) is 103 Å². The molecule has 1 atom stereocenters. The molecule has 0 aromatic carbocycles. The second kappa shape index (κ2) is 19.1. The fraction of sp³-hybridized carbons (Fsp3) is 1.00. The van der Waals surface area contributed by atoms with E-state index in [0.717, 1.165) is 12.3 Å². The SMILES string of the molecule is CCCCCCCCCCCCCCCCCC[P](=O)CC. The topological polar surface area (TPSA) is 17.1 Å². The molecule has 2 heteroatoms. The highest BCUT2D eigenvalue weighted by atomic mass is 31.1. The third-order valence-electron chi connectivity index (χ3n) is 4.61. The van der Waals surface area contributed by atoms with Crippen molar-refractivity contribution in [2.24, 2.45) is 0 Å². The normalized spacial score (nSPS) is 11.8. The van der Waals surface area contributed by atoms with Crippen molar-refractivity contribution in [2.75, 3.05) is 12.3 Å². The van der Waals surface area contributed by atoms with Crippen molar-refractivity contribution in [3.05, 3.63) is 0 Å². The lowest BCUT2D eigenvalue weighted by Crippen LogP contribution is -1.85. The second-order valence-corrected chi connectivity index (χ2v) is 8.87. The van der Waals surface area contributed by atoms with Crippen molar-refractivity contribution in [1.82, 2.24) is 0 Å². The standard InChI is InChI=1S/C20H42OP/c1-3-5-6-7-8-9-10-11-12-13-14-15-16-17-18-19-20-22(21)4-2/h3-20H2,1-2H3. The van der Waals surface area contributed by atoms with E-state index < -0.39 is 7.80 Å². The molecule has 0 amide bonds. The Morgan fingerprint density at radius 2 is 0.818 bits per heavy atom. The van der Waals surface area contributed by atoms with Crippen LogP contribution in [-0.2, 0) is 4.57 Å². The fourth-order valence-corrected chi connectivity index (χ4v) is 3.89. The first-order valence-corrected chi connectivity index (χ1v) is 11.9. The van der Waals surface area contributed by atoms with Gasteiger partial charge >= 0.3 is 0 Å². The quantitative estimate of drug-likeness (QED) is 0.183. The Morgan fingerprint density at radius 3 is 1.14 bits per heavy atom. The Labute approximate surface area is 141 Å². The minimum Gasteiger partial charge on any atom is -0.287 e. The maximum Gasteiger partial charge on any atom is 0.0715 e. The Balaban J connectivity index is 2.98. The van der Waals surface area contributed by atoms with Crippen LogP contribution in [0, 0.1) is 0 Å². The lowest BCUT2D eigenvalue weighted by atomic mass is 10.0. The van der Waals surface area contributed by atoms with Crippen molar-refractivity contribution >= 4 is 7.80 Å². The number of hydrogen-bond acceptors (Lipinski definition) is 1. The first-order chi connectivity index (χ1) is 10.8. The van der Waals surface area contributed by atoms with Crippen LogP contribution < -0.4 is 0 Å². The molecule has 1 nitrogen and oxygen atoms in total. The van der Waals surface area contributed by atoms with E-state index in [-0.39, 0.29) is 0 Å². The molecule has 0 aromatic heterocycles. The number of rotatable bonds is 18. The zero-order valence-corrected chi connectivity index (χ0v) is 16.5. The van der Waals surface area contributed by atoms with E-state index >= 15 is 0 Å². The molecule has 22 heavy (non-hydrogen) atoms. The molecule has 0 heterocycles. The van der Waals surface area contributed by atoms with Crippen LogP contribution in [0.5, 0.6) is 0 Å². The van der Waals surface area contributed by atoms with Gasteiger partial charge in [0.25, 0.3) is 0 Å². The summed E-state index contributed by atoms with van der Waals surface area (Å²) < 4.78 is 11.3. The predicted octanol–water partition coefficient (Wildman–Crippen LogP) is 8.10. The van der Waals surface area contributed by atoms with Crippen LogP contribution in [-0.4, -0.2) is 12.3 Å². The van der Waals surface area contributed by atoms with Crippen LogP contribution in [0.25, 0.3) is 0 Å². The van der Waals surface area contributed by atoms with Crippen molar-refractivity contribution in [2.45, 2.75) is 117 Å². The smallest absolute Gasteiger partial charge is 0.0715 e. The van der Waals surface area contributed by atoms with Gasteiger partial charge in [-0.3, -0.25) is 4.57 Å². The summed E-state index contributed by atoms with van der Waals surface area (Å²) in [5.41, 5.74) is 0. The third-order valence-corrected chi connectivity index (χ3v) is 6.13. The molecule has 0 aromatic rings. The van der Waals surface area contributed by atoms with E-state index in [4.69, 9.17) is 0 Å². The third kappa shape index (κ3) is 18.1. The highest BCUT2D eigenvalue weighted by Gasteiger charge is 1.97. The van der Waals surface area contributed by atoms with E-state index in [1.807, 2.05) is 6.92 Å². The lowest BCUT2D eigenvalue weighted by molar-refractivity contribution is 0.531. The Morgan fingerprint density at radius 1 is 0.500 bits per heavy atom. The minimum absolute atomic E-state index is 0.869. The van der Waals surface area contributed by atoms with E-state index in [1.54, 1.807) is 0 Å². The van der Waals surface area contributed by atoms with Gasteiger partial charge in [-0.1, -0.05) is 110 Å². The Hall–Kier alpha value is 0.100. The van der Waals surface area contributed by atoms with Crippen LogP contribution in [0.2, 0.25) is 0 Å². The predicted molar refractivity (Wildman–Crippen MR) is 103 cm³/mol. The van der Waals surface area contributed by atoms with E-state index in [2.05, 4.69) is 6.92 Å². The van der Waals surface area contributed by atoms with Gasteiger partial charge < -0.3 is 0 Å². The van der Waals surface area contributed by atoms with E-state index in [9.17, 15) is 4.57 Å². The molecule has 0 fully saturated rings. The van der Waals surface area contributed by atoms with Crippen LogP contribution in [0.1, 0.15) is 117 Å². The monoisotopic (exact) mass is 329 g/mol. The van der Waals surface area contributed by atoms with Crippen molar-refractivity contribution < 1.29 is 4.57 Å². The van der Waals surface area contributed by atoms with Crippen molar-refractivity contribution in [3.63, 3.8) is 0 Å². The molecular formula is C20H42OP. The molecule has 0 N–H and O–H groups in total. The van der Waals surface area contributed by atoms with Gasteiger partial charge in [-0.05, 0) is 6.42 Å². The summed E-state index contributed by atoms with van der Waals surface area (Å²) >= 11 is 0. The molecular weight excluding hydrogens is 287 g/mol. The fourth-order valence-electron chi connectivity index (χ4n) is 2.99. The van der Waals surface area contributed by atoms with Gasteiger partial charge in [0.1, 0.15) is 0 Å². The molecule has 0 aliphatic rings. The summed E-state index contributed by atoms with van der Waals surface area (Å²) in [4.78, 5) is 0. The summed E-state index contributed by atoms with van der Waals surface area (Å²) in [6.07, 6.45) is 24.3. The summed E-state index contributed by atoms with van der Waals surface area (Å²) in [6.45, 7) is 4.32. The lowest BCUT2D eigenvalue weighted by Gasteiger charge is -2.03. The van der Waals surface area contributed by atoms with Crippen LogP contribution in [0.4, 0.5) is 0 Å². The molecule has 0 aliphatic carbocycles. The number of unbranched alkanes of at least 4 members (excludes halogenated alkanes) is 15. The highest BCUT2D eigenvalue weighted by Crippen LogP contribution is 2.22. The molecule has 1 radical (unpaired) electrons. The van der Waals surface area contributed by atoms with Gasteiger partial charge in [-0.25, -0.2) is 0 Å². The van der Waals surface area contributed by atoms with Gasteiger partial charge in [-0.2, -0.15) is 0 Å². The maximum absolute atomic E-state index is 11.3. The van der Waals surface area contributed by atoms with Gasteiger partial charge in [0, 0.05) is 12.3 Å². The molecule has 0 rings (SSSR count). The second-order valence-electron chi connectivity index (χ2n) is 6.82. The summed E-state index contributed by atoms with van der Waals surface area (Å²) in [5.74, 6) is 0. The average Bonchev–Trinajstić information content (AvgIpc) is 2.54. The van der Waals surface area contributed by atoms with Crippen molar-refractivity contribution in [3.8, 4) is 0 Å². The number of hydrogen-bond donors (Lipinski definition) is 0. The van der Waals surface area contributed by atoms with Gasteiger partial charge in [-0.15, -0.1) is 0 Å². The van der Waals surface area contributed by atoms with Crippen LogP contribution >= 0.6 is 7.80 Å². The summed E-state index contributed by atoms with van der Waals surface area (Å²) in [7, 11) is -0.871. The maximum atomic E-state index is 11.3. The van der Waals surface area contributed by atoms with Gasteiger partial charge in [0.15, 0.2) is 0 Å². The van der Waals surface area contributed by atoms with Gasteiger partial charge in [0.2, 0.25) is 0 Å². The Bertz CT molecular complexity index is 228. The highest BCUT2D eigenvalue weighted by molar-refractivity contribution is 7.44. The van der Waals surface area contributed by atoms with Crippen molar-refractivity contribution in [1.29, 1.82) is 0 Å². The van der Waals surface area contributed by atoms with Crippen LogP contribution in [0.3, 0.4) is 0 Å². The largest absolute Gasteiger partial charge is 0.287 e. The zero-order chi connectivity index (χ0) is 16.3. The molecule has 1 unspecified atom stereocenters. The average molecular weight is 330 g/mol. The van der Waals surface area contributed by atoms with Gasteiger partial charge in [0.05, 0.1) is 7.80 Å². The first kappa shape index (κ1) is 22.1. The molecule has 0 bridgehead atoms. The minimum atomic E-state index is -0.871. The molecule has 0 saturated heterocycles. The van der Waals surface area contributed by atoms with E-state index in [0.29, 0.717) is 0 Å². The molecule has 0 spiro atoms. The van der Waals surface area contributed by atoms with Crippen LogP contribution in [0.15, 0.2) is 0 Å². The molecule has 0 saturated carbocycles. The zero-order valence-electron chi connectivity index (χ0n) is 15.6. The molecule has 0 aliphatic heterocycles.